The van der Waals surface area contributed by atoms with Gasteiger partial charge in [0.1, 0.15) is 0 Å². The number of anilines is 2. The van der Waals surface area contributed by atoms with E-state index in [1.165, 1.54) is 25.7 Å². The maximum Gasteiger partial charge on any atom is 0.0614 e. The first-order valence-electron chi connectivity index (χ1n) is 6.07. The summed E-state index contributed by atoms with van der Waals surface area (Å²) in [5.41, 5.74) is 7.50. The largest absolute Gasteiger partial charge is 0.397 e. The summed E-state index contributed by atoms with van der Waals surface area (Å²) in [4.78, 5) is 0. The van der Waals surface area contributed by atoms with E-state index in [1.807, 2.05) is 6.07 Å². The van der Waals surface area contributed by atoms with Gasteiger partial charge < -0.3 is 11.1 Å². The first-order chi connectivity index (χ1) is 8.06. The predicted molar refractivity (Wildman–Crippen MR) is 75.9 cm³/mol. The molecule has 0 heterocycles. The van der Waals surface area contributed by atoms with Crippen molar-refractivity contribution in [1.29, 1.82) is 0 Å². The molecule has 0 bridgehead atoms. The molecular formula is C13H18Cl2N2. The van der Waals surface area contributed by atoms with Crippen molar-refractivity contribution in [2.24, 2.45) is 5.92 Å². The lowest BCUT2D eigenvalue weighted by Crippen LogP contribution is -2.26. The summed E-state index contributed by atoms with van der Waals surface area (Å²) in [6.45, 7) is 2.30. The quantitative estimate of drug-likeness (QED) is 0.775. The van der Waals surface area contributed by atoms with Crippen LogP contribution >= 0.6 is 23.2 Å². The van der Waals surface area contributed by atoms with Crippen LogP contribution in [0.5, 0.6) is 0 Å². The number of hydrogen-bond acceptors (Lipinski definition) is 2. The number of nitrogens with one attached hydrogen (secondary N) is 1. The highest BCUT2D eigenvalue weighted by Crippen LogP contribution is 2.33. The van der Waals surface area contributed by atoms with Crippen LogP contribution in [0.25, 0.3) is 0 Å². The van der Waals surface area contributed by atoms with E-state index in [9.17, 15) is 0 Å². The third kappa shape index (κ3) is 3.20. The normalized spacial score (nSPS) is 24.6. The average Bonchev–Trinajstić information content (AvgIpc) is 2.26. The molecule has 1 fully saturated rings. The summed E-state index contributed by atoms with van der Waals surface area (Å²) in [7, 11) is 0. The first-order valence-corrected chi connectivity index (χ1v) is 6.83. The van der Waals surface area contributed by atoms with Gasteiger partial charge in [-0.2, -0.15) is 0 Å². The van der Waals surface area contributed by atoms with Crippen LogP contribution in [0.1, 0.15) is 32.6 Å². The lowest BCUT2D eigenvalue weighted by atomic mass is 9.87. The van der Waals surface area contributed by atoms with Crippen LogP contribution in [0.4, 0.5) is 11.4 Å². The summed E-state index contributed by atoms with van der Waals surface area (Å²) in [5, 5.41) is 4.53. The van der Waals surface area contributed by atoms with Crippen molar-refractivity contribution in [3.8, 4) is 0 Å². The molecule has 2 rings (SSSR count). The van der Waals surface area contributed by atoms with Crippen LogP contribution in [0.15, 0.2) is 12.1 Å². The van der Waals surface area contributed by atoms with E-state index in [1.54, 1.807) is 6.07 Å². The van der Waals surface area contributed by atoms with Crippen molar-refractivity contribution in [2.75, 3.05) is 11.1 Å². The van der Waals surface area contributed by atoms with E-state index in [-0.39, 0.29) is 0 Å². The number of nitrogen functional groups attached to an aromatic ring is 1. The monoisotopic (exact) mass is 272 g/mol. The molecule has 1 saturated carbocycles. The minimum atomic E-state index is 0.498. The summed E-state index contributed by atoms with van der Waals surface area (Å²) < 4.78 is 0. The van der Waals surface area contributed by atoms with Crippen molar-refractivity contribution < 1.29 is 0 Å². The Balaban J connectivity index is 2.10. The van der Waals surface area contributed by atoms with Crippen LogP contribution < -0.4 is 11.1 Å². The van der Waals surface area contributed by atoms with Crippen molar-refractivity contribution in [3.63, 3.8) is 0 Å². The van der Waals surface area contributed by atoms with Gasteiger partial charge in [-0.25, -0.2) is 0 Å². The zero-order valence-electron chi connectivity index (χ0n) is 9.97. The zero-order chi connectivity index (χ0) is 12.4. The van der Waals surface area contributed by atoms with Crippen molar-refractivity contribution in [2.45, 2.75) is 38.6 Å². The summed E-state index contributed by atoms with van der Waals surface area (Å²) >= 11 is 11.9. The van der Waals surface area contributed by atoms with E-state index < -0.39 is 0 Å². The standard InChI is InChI=1S/C13H18Cl2N2/c1-8-3-2-4-9(5-8)17-13-7-11(15)10(14)6-12(13)16/h6-9,17H,2-5,16H2,1H3. The third-order valence-electron chi connectivity index (χ3n) is 3.39. The molecule has 2 unspecified atom stereocenters. The number of halogens is 2. The number of rotatable bonds is 2. The van der Waals surface area contributed by atoms with Crippen molar-refractivity contribution in [1.82, 2.24) is 0 Å². The molecule has 17 heavy (non-hydrogen) atoms. The van der Waals surface area contributed by atoms with Crippen molar-refractivity contribution >= 4 is 34.6 Å². The van der Waals surface area contributed by atoms with Gasteiger partial charge in [0.15, 0.2) is 0 Å². The second-order valence-corrected chi connectivity index (χ2v) is 5.78. The van der Waals surface area contributed by atoms with Gasteiger partial charge in [-0.3, -0.25) is 0 Å². The Morgan fingerprint density at radius 1 is 1.24 bits per heavy atom. The second kappa shape index (κ2) is 5.36. The summed E-state index contributed by atoms with van der Waals surface area (Å²) in [5.74, 6) is 0.783. The maximum atomic E-state index is 6.00. The van der Waals surface area contributed by atoms with Crippen LogP contribution in [-0.2, 0) is 0 Å². The molecule has 0 spiro atoms. The van der Waals surface area contributed by atoms with E-state index in [2.05, 4.69) is 12.2 Å². The molecule has 1 aliphatic carbocycles. The molecule has 0 aromatic heterocycles. The highest BCUT2D eigenvalue weighted by atomic mass is 35.5. The van der Waals surface area contributed by atoms with Crippen LogP contribution in [0.3, 0.4) is 0 Å². The van der Waals surface area contributed by atoms with Gasteiger partial charge in [0.05, 0.1) is 21.4 Å². The molecule has 1 aromatic carbocycles. The Hall–Kier alpha value is -0.600. The zero-order valence-corrected chi connectivity index (χ0v) is 11.5. The van der Waals surface area contributed by atoms with Crippen LogP contribution in [-0.4, -0.2) is 6.04 Å². The highest BCUT2D eigenvalue weighted by Gasteiger charge is 2.19. The summed E-state index contributed by atoms with van der Waals surface area (Å²) in [6.07, 6.45) is 5.00. The minimum Gasteiger partial charge on any atom is -0.397 e. The number of benzene rings is 1. The van der Waals surface area contributed by atoms with E-state index in [0.29, 0.717) is 21.8 Å². The van der Waals surface area contributed by atoms with E-state index >= 15 is 0 Å². The molecular weight excluding hydrogens is 255 g/mol. The fourth-order valence-electron chi connectivity index (χ4n) is 2.47. The Bertz CT molecular complexity index is 407. The van der Waals surface area contributed by atoms with Gasteiger partial charge >= 0.3 is 0 Å². The molecule has 0 aliphatic heterocycles. The van der Waals surface area contributed by atoms with Gasteiger partial charge in [0, 0.05) is 6.04 Å². The number of nitrogens with two attached hydrogens (primary N) is 1. The van der Waals surface area contributed by atoms with Gasteiger partial charge in [0.25, 0.3) is 0 Å². The smallest absolute Gasteiger partial charge is 0.0614 e. The van der Waals surface area contributed by atoms with Crippen LogP contribution in [0, 0.1) is 5.92 Å². The lowest BCUT2D eigenvalue weighted by molar-refractivity contribution is 0.359. The van der Waals surface area contributed by atoms with E-state index in [0.717, 1.165) is 11.6 Å². The SMILES string of the molecule is CC1CCCC(Nc2cc(Cl)c(Cl)cc2N)C1. The Labute approximate surface area is 112 Å². The average molecular weight is 273 g/mol. The lowest BCUT2D eigenvalue weighted by Gasteiger charge is -2.28. The fraction of sp³-hybridized carbons (Fsp3) is 0.538. The molecule has 0 amide bonds. The maximum absolute atomic E-state index is 6.00. The summed E-state index contributed by atoms with van der Waals surface area (Å²) in [6, 6.07) is 4.02. The molecule has 2 atom stereocenters. The van der Waals surface area contributed by atoms with Gasteiger partial charge in [-0.1, -0.05) is 43.0 Å². The van der Waals surface area contributed by atoms with Gasteiger partial charge in [-0.15, -0.1) is 0 Å². The molecule has 4 heteroatoms. The molecule has 1 aliphatic rings. The minimum absolute atomic E-state index is 0.498. The molecule has 2 nitrogen and oxygen atoms in total. The third-order valence-corrected chi connectivity index (χ3v) is 4.11. The van der Waals surface area contributed by atoms with Crippen LogP contribution in [0.2, 0.25) is 10.0 Å². The number of hydrogen-bond donors (Lipinski definition) is 2. The topological polar surface area (TPSA) is 38.0 Å². The van der Waals surface area contributed by atoms with Crippen molar-refractivity contribution in [3.05, 3.63) is 22.2 Å². The Morgan fingerprint density at radius 3 is 2.65 bits per heavy atom. The second-order valence-electron chi connectivity index (χ2n) is 4.97. The molecule has 0 radical (unpaired) electrons. The van der Waals surface area contributed by atoms with Gasteiger partial charge in [0.2, 0.25) is 0 Å². The Kier molecular flexibility index (Phi) is 4.05. The first kappa shape index (κ1) is 12.8. The van der Waals surface area contributed by atoms with Gasteiger partial charge in [-0.05, 0) is 30.9 Å². The Morgan fingerprint density at radius 2 is 1.94 bits per heavy atom. The fourth-order valence-corrected chi connectivity index (χ4v) is 2.81. The molecule has 3 N–H and O–H groups in total. The molecule has 94 valence electrons. The molecule has 0 saturated heterocycles. The predicted octanol–water partition coefficient (Wildman–Crippen LogP) is 4.57. The highest BCUT2D eigenvalue weighted by molar-refractivity contribution is 6.42. The van der Waals surface area contributed by atoms with E-state index in [4.69, 9.17) is 28.9 Å². The molecule has 1 aromatic rings.